The van der Waals surface area contributed by atoms with E-state index in [0.717, 1.165) is 29.5 Å². The molecule has 0 atom stereocenters. The van der Waals surface area contributed by atoms with Crippen molar-refractivity contribution in [2.45, 2.75) is 39.2 Å². The quantitative estimate of drug-likeness (QED) is 0.229. The van der Waals surface area contributed by atoms with Gasteiger partial charge >= 0.3 is 0 Å². The molecule has 3 aromatic carbocycles. The maximum Gasteiger partial charge on any atom is 0.259 e. The molecule has 0 saturated heterocycles. The van der Waals surface area contributed by atoms with Crippen molar-refractivity contribution in [3.8, 4) is 16.9 Å². The lowest BCUT2D eigenvalue weighted by atomic mass is 9.95. The first-order valence-corrected chi connectivity index (χ1v) is 13.2. The largest absolute Gasteiger partial charge is 0.496 e. The molecule has 2 aromatic heterocycles. The molecule has 2 N–H and O–H groups in total. The summed E-state index contributed by atoms with van der Waals surface area (Å²) in [6.07, 6.45) is 3.12. The Bertz CT molecular complexity index is 1820. The van der Waals surface area contributed by atoms with E-state index in [1.54, 1.807) is 25.3 Å². The van der Waals surface area contributed by atoms with E-state index < -0.39 is 5.54 Å². The van der Waals surface area contributed by atoms with E-state index in [1.165, 1.54) is 31.4 Å². The predicted molar refractivity (Wildman–Crippen MR) is 152 cm³/mol. The van der Waals surface area contributed by atoms with Gasteiger partial charge in [0.2, 0.25) is 5.89 Å². The van der Waals surface area contributed by atoms with Crippen molar-refractivity contribution in [2.24, 2.45) is 0 Å². The highest BCUT2D eigenvalue weighted by molar-refractivity contribution is 6.14. The zero-order valence-corrected chi connectivity index (χ0v) is 23.1. The molecule has 2 amide bonds. The number of nitrogens with zero attached hydrogens (tertiary/aromatic N) is 1. The first-order chi connectivity index (χ1) is 19.7. The van der Waals surface area contributed by atoms with Crippen molar-refractivity contribution in [3.63, 3.8) is 0 Å². The summed E-state index contributed by atoms with van der Waals surface area (Å²) in [5.41, 5.74) is 3.65. The Hall–Kier alpha value is -4.92. The molecule has 6 rings (SSSR count). The molecule has 8 nitrogen and oxygen atoms in total. The van der Waals surface area contributed by atoms with Crippen molar-refractivity contribution in [3.05, 3.63) is 101 Å². The molecular formula is C32H28FN3O5. The minimum atomic E-state index is -0.624. The summed E-state index contributed by atoms with van der Waals surface area (Å²) in [6.45, 7) is 5.48. The molecule has 5 aromatic rings. The van der Waals surface area contributed by atoms with Gasteiger partial charge in [-0.1, -0.05) is 6.07 Å². The number of aromatic nitrogens is 1. The van der Waals surface area contributed by atoms with Gasteiger partial charge in [0.05, 0.1) is 24.4 Å². The molecule has 0 spiro atoms. The third-order valence-corrected chi connectivity index (χ3v) is 7.43. The lowest BCUT2D eigenvalue weighted by Crippen LogP contribution is -2.35. The molecular weight excluding hydrogens is 525 g/mol. The van der Waals surface area contributed by atoms with Gasteiger partial charge in [-0.05, 0) is 98.8 Å². The van der Waals surface area contributed by atoms with Crippen LogP contribution < -0.4 is 15.4 Å². The van der Waals surface area contributed by atoms with Gasteiger partial charge in [-0.25, -0.2) is 9.37 Å². The molecule has 1 saturated carbocycles. The molecule has 2 heterocycles. The van der Waals surface area contributed by atoms with Gasteiger partial charge in [0, 0.05) is 11.1 Å². The Morgan fingerprint density at radius 2 is 1.73 bits per heavy atom. The van der Waals surface area contributed by atoms with Crippen LogP contribution in [0.25, 0.3) is 22.1 Å². The monoisotopic (exact) mass is 553 g/mol. The number of benzene rings is 3. The van der Waals surface area contributed by atoms with Crippen molar-refractivity contribution >= 4 is 28.5 Å². The topological polar surface area (TPSA) is 107 Å². The molecule has 1 fully saturated rings. The lowest BCUT2D eigenvalue weighted by Gasteiger charge is -2.17. The molecule has 9 heteroatoms. The fraction of sp³-hybridized carbons (Fsp3) is 0.219. The van der Waals surface area contributed by atoms with Crippen LogP contribution in [0.5, 0.6) is 5.75 Å². The molecule has 0 bridgehead atoms. The van der Waals surface area contributed by atoms with Crippen molar-refractivity contribution in [1.82, 2.24) is 10.3 Å². The minimum Gasteiger partial charge on any atom is -0.496 e. The number of methoxy groups -OCH3 is 1. The zero-order valence-electron chi connectivity index (χ0n) is 23.1. The summed E-state index contributed by atoms with van der Waals surface area (Å²) in [5, 5.41) is 6.53. The highest BCUT2D eigenvalue weighted by atomic mass is 19.1. The Kier molecular flexibility index (Phi) is 6.37. The number of ether oxygens (including phenoxy) is 1. The number of halogens is 1. The summed E-state index contributed by atoms with van der Waals surface area (Å²) >= 11 is 0. The standard InChI is InChI=1S/C32H28FN3O5/c1-17-13-27(39-4)25(29(37)36-32(11-12-32)31-34-16-18(2)40-31)15-23(17)20-5-10-26-24(14-20)28(19(3)41-26)30(38)35-22-8-6-21(33)7-9-22/h5-10,13-16H,11-12H2,1-4H3,(H,35,38)(H,36,37). The van der Waals surface area contributed by atoms with E-state index in [1.807, 2.05) is 32.0 Å². The second-order valence-electron chi connectivity index (χ2n) is 10.4. The fourth-order valence-electron chi connectivity index (χ4n) is 5.11. The molecule has 208 valence electrons. The van der Waals surface area contributed by atoms with E-state index in [-0.39, 0.29) is 17.6 Å². The number of amides is 2. The van der Waals surface area contributed by atoms with Crippen molar-refractivity contribution in [2.75, 3.05) is 12.4 Å². The van der Waals surface area contributed by atoms with Crippen LogP contribution in [0.1, 0.15) is 56.5 Å². The zero-order chi connectivity index (χ0) is 28.9. The predicted octanol–water partition coefficient (Wildman–Crippen LogP) is 6.83. The maximum absolute atomic E-state index is 13.6. The van der Waals surface area contributed by atoms with Crippen molar-refractivity contribution < 1.29 is 27.6 Å². The average Bonchev–Trinajstić information content (AvgIpc) is 3.45. The molecule has 1 aliphatic rings. The van der Waals surface area contributed by atoms with E-state index >= 15 is 0 Å². The maximum atomic E-state index is 13.6. The Morgan fingerprint density at radius 1 is 0.976 bits per heavy atom. The number of aryl methyl sites for hydroxylation is 3. The number of carbonyl (C=O) groups is 2. The number of oxazole rings is 1. The molecule has 1 aliphatic carbocycles. The van der Waals surface area contributed by atoms with E-state index in [4.69, 9.17) is 13.6 Å². The second-order valence-corrected chi connectivity index (χ2v) is 10.4. The number of carbonyl (C=O) groups excluding carboxylic acids is 2. The van der Waals surface area contributed by atoms with Crippen LogP contribution in [0.15, 0.2) is 69.6 Å². The minimum absolute atomic E-state index is 0.295. The number of hydrogen-bond acceptors (Lipinski definition) is 6. The Labute approximate surface area is 235 Å². The Balaban J connectivity index is 1.36. The van der Waals surface area contributed by atoms with Crippen LogP contribution in [0.3, 0.4) is 0 Å². The third-order valence-electron chi connectivity index (χ3n) is 7.43. The molecule has 0 unspecified atom stereocenters. The lowest BCUT2D eigenvalue weighted by molar-refractivity contribution is 0.0919. The summed E-state index contributed by atoms with van der Waals surface area (Å²) in [4.78, 5) is 31.1. The normalized spacial score (nSPS) is 13.7. The van der Waals surface area contributed by atoms with Crippen LogP contribution >= 0.6 is 0 Å². The summed E-state index contributed by atoms with van der Waals surface area (Å²) in [6, 6.07) is 14.8. The van der Waals surface area contributed by atoms with Gasteiger partial charge in [0.1, 0.15) is 34.2 Å². The van der Waals surface area contributed by atoms with Crippen LogP contribution in [0, 0.1) is 26.6 Å². The second kappa shape index (κ2) is 9.92. The fourth-order valence-corrected chi connectivity index (χ4v) is 5.11. The van der Waals surface area contributed by atoms with Gasteiger partial charge < -0.3 is 24.2 Å². The average molecular weight is 554 g/mol. The van der Waals surface area contributed by atoms with Gasteiger partial charge in [-0.15, -0.1) is 0 Å². The van der Waals surface area contributed by atoms with Crippen LogP contribution in [0.4, 0.5) is 10.1 Å². The number of furan rings is 1. The Morgan fingerprint density at radius 3 is 2.39 bits per heavy atom. The third kappa shape index (κ3) is 4.84. The summed E-state index contributed by atoms with van der Waals surface area (Å²) in [5.74, 6) is 1.04. The number of hydrogen-bond donors (Lipinski definition) is 2. The number of nitrogens with one attached hydrogen (secondary N) is 2. The van der Waals surface area contributed by atoms with E-state index in [2.05, 4.69) is 15.6 Å². The van der Waals surface area contributed by atoms with Gasteiger partial charge in [-0.3, -0.25) is 9.59 Å². The number of rotatable bonds is 7. The molecule has 0 radical (unpaired) electrons. The molecule has 0 aliphatic heterocycles. The first kappa shape index (κ1) is 26.3. The van der Waals surface area contributed by atoms with E-state index in [9.17, 15) is 14.0 Å². The number of fused-ring (bicyclic) bond motifs is 1. The smallest absolute Gasteiger partial charge is 0.259 e. The van der Waals surface area contributed by atoms with Crippen LogP contribution in [-0.2, 0) is 5.54 Å². The highest BCUT2D eigenvalue weighted by Gasteiger charge is 2.50. The van der Waals surface area contributed by atoms with Gasteiger partial charge in [0.25, 0.3) is 11.8 Å². The van der Waals surface area contributed by atoms with Crippen molar-refractivity contribution in [1.29, 1.82) is 0 Å². The summed E-state index contributed by atoms with van der Waals surface area (Å²) < 4.78 is 30.5. The first-order valence-electron chi connectivity index (χ1n) is 13.2. The molecule has 41 heavy (non-hydrogen) atoms. The van der Waals surface area contributed by atoms with E-state index in [0.29, 0.717) is 50.9 Å². The SMILES string of the molecule is COc1cc(C)c(-c2ccc3oc(C)c(C(=O)Nc4ccc(F)cc4)c3c2)cc1C(=O)NC1(c2ncc(C)o2)CC1. The van der Waals surface area contributed by atoms with Gasteiger partial charge in [0.15, 0.2) is 0 Å². The summed E-state index contributed by atoms with van der Waals surface area (Å²) in [7, 11) is 1.53. The highest BCUT2D eigenvalue weighted by Crippen LogP contribution is 2.45. The van der Waals surface area contributed by atoms with Gasteiger partial charge in [-0.2, -0.15) is 0 Å². The van der Waals surface area contributed by atoms with Crippen LogP contribution in [0.2, 0.25) is 0 Å². The number of anilines is 1. The van der Waals surface area contributed by atoms with Crippen LogP contribution in [-0.4, -0.2) is 23.9 Å².